The van der Waals surface area contributed by atoms with Gasteiger partial charge in [-0.25, -0.2) is 0 Å². The van der Waals surface area contributed by atoms with Crippen molar-refractivity contribution < 1.29 is 15.0 Å². The van der Waals surface area contributed by atoms with Crippen LogP contribution in [0.2, 0.25) is 0 Å². The second-order valence-electron chi connectivity index (χ2n) is 4.27. The highest BCUT2D eigenvalue weighted by Gasteiger charge is 2.47. The molecule has 3 heteroatoms. The molecule has 0 aliphatic heterocycles. The molecule has 2 atom stereocenters. The molecular formula is C11H20O3. The molecule has 1 fully saturated rings. The average molecular weight is 200 g/mol. The van der Waals surface area contributed by atoms with E-state index in [4.69, 9.17) is 0 Å². The molecule has 0 aromatic rings. The Hall–Kier alpha value is -0.570. The van der Waals surface area contributed by atoms with Crippen LogP contribution in [0.25, 0.3) is 0 Å². The van der Waals surface area contributed by atoms with E-state index in [0.29, 0.717) is 12.8 Å². The van der Waals surface area contributed by atoms with Crippen LogP contribution in [0, 0.1) is 11.3 Å². The monoisotopic (exact) mass is 200 g/mol. The van der Waals surface area contributed by atoms with Gasteiger partial charge in [0.15, 0.2) is 0 Å². The number of rotatable bonds is 4. The minimum absolute atomic E-state index is 0.0463. The van der Waals surface area contributed by atoms with Crippen molar-refractivity contribution >= 4 is 5.97 Å². The number of hydrogen-bond acceptors (Lipinski definition) is 2. The van der Waals surface area contributed by atoms with E-state index in [-0.39, 0.29) is 5.92 Å². The summed E-state index contributed by atoms with van der Waals surface area (Å²) in [5.41, 5.74) is -0.698. The molecule has 0 radical (unpaired) electrons. The van der Waals surface area contributed by atoms with Crippen LogP contribution in [0.4, 0.5) is 0 Å². The molecular weight excluding hydrogens is 180 g/mol. The molecule has 0 saturated heterocycles. The summed E-state index contributed by atoms with van der Waals surface area (Å²) in [6.45, 7) is 3.81. The van der Waals surface area contributed by atoms with Crippen molar-refractivity contribution in [3.63, 3.8) is 0 Å². The van der Waals surface area contributed by atoms with Crippen molar-refractivity contribution in [1.29, 1.82) is 0 Å². The number of carboxylic acid groups (broad SMARTS) is 1. The van der Waals surface area contributed by atoms with E-state index in [1.54, 1.807) is 0 Å². The number of carboxylic acids is 1. The zero-order valence-corrected chi connectivity index (χ0v) is 8.99. The van der Waals surface area contributed by atoms with Gasteiger partial charge in [0.1, 0.15) is 0 Å². The maximum absolute atomic E-state index is 11.3. The molecule has 0 bridgehead atoms. The molecule has 2 unspecified atom stereocenters. The van der Waals surface area contributed by atoms with Gasteiger partial charge in [-0.15, -0.1) is 0 Å². The summed E-state index contributed by atoms with van der Waals surface area (Å²) >= 11 is 0. The molecule has 2 N–H and O–H groups in total. The van der Waals surface area contributed by atoms with Gasteiger partial charge in [-0.3, -0.25) is 4.79 Å². The first kappa shape index (κ1) is 11.5. The Morgan fingerprint density at radius 1 is 1.36 bits per heavy atom. The van der Waals surface area contributed by atoms with Crippen LogP contribution in [0.3, 0.4) is 0 Å². The van der Waals surface area contributed by atoms with Crippen molar-refractivity contribution in [2.24, 2.45) is 11.3 Å². The first-order valence-electron chi connectivity index (χ1n) is 5.50. The Labute approximate surface area is 85.1 Å². The van der Waals surface area contributed by atoms with Crippen LogP contribution < -0.4 is 0 Å². The lowest BCUT2D eigenvalue weighted by atomic mass is 9.69. The van der Waals surface area contributed by atoms with Crippen molar-refractivity contribution in [1.82, 2.24) is 0 Å². The molecule has 3 nitrogen and oxygen atoms in total. The highest BCUT2D eigenvalue weighted by atomic mass is 16.4. The standard InChI is InChI=1S/C11H20O3/c1-3-11(4-2,10(13)14)8-6-5-7-9(8)12/h8-9,12H,3-7H2,1-2H3,(H,13,14). The fourth-order valence-electron chi connectivity index (χ4n) is 2.82. The van der Waals surface area contributed by atoms with E-state index in [2.05, 4.69) is 0 Å². The summed E-state index contributed by atoms with van der Waals surface area (Å²) in [7, 11) is 0. The molecule has 82 valence electrons. The zero-order valence-electron chi connectivity index (χ0n) is 8.99. The minimum atomic E-state index is -0.742. The highest BCUT2D eigenvalue weighted by Crippen LogP contribution is 2.45. The smallest absolute Gasteiger partial charge is 0.309 e. The zero-order chi connectivity index (χ0) is 10.8. The predicted molar refractivity (Wildman–Crippen MR) is 54.0 cm³/mol. The van der Waals surface area contributed by atoms with Crippen molar-refractivity contribution in [2.75, 3.05) is 0 Å². The first-order valence-corrected chi connectivity index (χ1v) is 5.50. The SMILES string of the molecule is CCC(CC)(C(=O)O)C1CCCC1O. The van der Waals surface area contributed by atoms with Crippen LogP contribution in [0.1, 0.15) is 46.0 Å². The Kier molecular flexibility index (Phi) is 3.53. The van der Waals surface area contributed by atoms with Crippen LogP contribution in [-0.2, 0) is 4.79 Å². The van der Waals surface area contributed by atoms with Crippen LogP contribution in [0.15, 0.2) is 0 Å². The third-order valence-corrected chi connectivity index (χ3v) is 3.88. The summed E-state index contributed by atoms with van der Waals surface area (Å²) < 4.78 is 0. The molecule has 0 aromatic carbocycles. The fourth-order valence-corrected chi connectivity index (χ4v) is 2.82. The second kappa shape index (κ2) is 4.30. The molecule has 1 saturated carbocycles. The van der Waals surface area contributed by atoms with Gasteiger partial charge >= 0.3 is 5.97 Å². The van der Waals surface area contributed by atoms with E-state index in [1.165, 1.54) is 0 Å². The fraction of sp³-hybridized carbons (Fsp3) is 0.909. The molecule has 0 spiro atoms. The number of carbonyl (C=O) groups is 1. The van der Waals surface area contributed by atoms with Gasteiger partial charge in [-0.1, -0.05) is 20.3 Å². The average Bonchev–Trinajstić information content (AvgIpc) is 2.55. The lowest BCUT2D eigenvalue weighted by Crippen LogP contribution is -2.41. The summed E-state index contributed by atoms with van der Waals surface area (Å²) in [4.78, 5) is 11.3. The van der Waals surface area contributed by atoms with Gasteiger partial charge in [-0.05, 0) is 25.7 Å². The maximum atomic E-state index is 11.3. The van der Waals surface area contributed by atoms with Gasteiger partial charge in [0.25, 0.3) is 0 Å². The van der Waals surface area contributed by atoms with Crippen molar-refractivity contribution in [3.8, 4) is 0 Å². The first-order chi connectivity index (χ1) is 6.58. The third-order valence-electron chi connectivity index (χ3n) is 3.88. The van der Waals surface area contributed by atoms with Gasteiger partial charge in [0, 0.05) is 5.92 Å². The molecule has 14 heavy (non-hydrogen) atoms. The number of aliphatic carboxylic acids is 1. The number of hydrogen-bond donors (Lipinski definition) is 2. The molecule has 1 aliphatic rings. The minimum Gasteiger partial charge on any atom is -0.481 e. The lowest BCUT2D eigenvalue weighted by Gasteiger charge is -2.35. The number of aliphatic hydroxyl groups is 1. The predicted octanol–water partition coefficient (Wildman–Crippen LogP) is 2.04. The second-order valence-corrected chi connectivity index (χ2v) is 4.27. The topological polar surface area (TPSA) is 57.5 Å². The lowest BCUT2D eigenvalue weighted by molar-refractivity contribution is -0.156. The Bertz CT molecular complexity index is 209. The molecule has 0 aromatic heterocycles. The Morgan fingerprint density at radius 2 is 1.93 bits per heavy atom. The van der Waals surface area contributed by atoms with Gasteiger partial charge < -0.3 is 10.2 Å². The number of aliphatic hydroxyl groups excluding tert-OH is 1. The largest absolute Gasteiger partial charge is 0.481 e. The maximum Gasteiger partial charge on any atom is 0.309 e. The molecule has 1 rings (SSSR count). The quantitative estimate of drug-likeness (QED) is 0.730. The van der Waals surface area contributed by atoms with E-state index >= 15 is 0 Å². The normalized spacial score (nSPS) is 27.9. The van der Waals surface area contributed by atoms with Gasteiger partial charge in [0.2, 0.25) is 0 Å². The van der Waals surface area contributed by atoms with Gasteiger partial charge in [-0.2, -0.15) is 0 Å². The van der Waals surface area contributed by atoms with E-state index in [0.717, 1.165) is 19.3 Å². The summed E-state index contributed by atoms with van der Waals surface area (Å²) in [5.74, 6) is -0.788. The highest BCUT2D eigenvalue weighted by molar-refractivity contribution is 5.75. The van der Waals surface area contributed by atoms with Crippen molar-refractivity contribution in [2.45, 2.75) is 52.1 Å². The van der Waals surface area contributed by atoms with Crippen LogP contribution >= 0.6 is 0 Å². The van der Waals surface area contributed by atoms with E-state index < -0.39 is 17.5 Å². The van der Waals surface area contributed by atoms with Crippen LogP contribution in [0.5, 0.6) is 0 Å². The van der Waals surface area contributed by atoms with Gasteiger partial charge in [0.05, 0.1) is 11.5 Å². The summed E-state index contributed by atoms with van der Waals surface area (Å²) in [6.07, 6.45) is 3.39. The molecule has 0 amide bonds. The van der Waals surface area contributed by atoms with E-state index in [9.17, 15) is 15.0 Å². The Morgan fingerprint density at radius 3 is 2.21 bits per heavy atom. The van der Waals surface area contributed by atoms with Crippen molar-refractivity contribution in [3.05, 3.63) is 0 Å². The summed E-state index contributed by atoms with van der Waals surface area (Å²) in [5, 5.41) is 19.1. The van der Waals surface area contributed by atoms with Crippen LogP contribution in [-0.4, -0.2) is 22.3 Å². The summed E-state index contributed by atoms with van der Waals surface area (Å²) in [6, 6.07) is 0. The van der Waals surface area contributed by atoms with E-state index in [1.807, 2.05) is 13.8 Å². The Balaban J connectivity index is 2.90. The molecule has 1 aliphatic carbocycles. The third kappa shape index (κ3) is 1.65. The molecule has 0 heterocycles.